The number of aromatic nitrogens is 1. The predicted molar refractivity (Wildman–Crippen MR) is 135 cm³/mol. The fourth-order valence-electron chi connectivity index (χ4n) is 4.48. The zero-order valence-electron chi connectivity index (χ0n) is 20.4. The summed E-state index contributed by atoms with van der Waals surface area (Å²) >= 11 is 0. The maximum Gasteiger partial charge on any atom is 0.250 e. The average molecular weight is 462 g/mol. The first-order valence-electron chi connectivity index (χ1n) is 12.2. The van der Waals surface area contributed by atoms with Crippen LogP contribution in [0.5, 0.6) is 5.75 Å². The molecule has 2 saturated carbocycles. The van der Waals surface area contributed by atoms with Crippen molar-refractivity contribution >= 4 is 8.32 Å². The van der Waals surface area contributed by atoms with Crippen LogP contribution in [0.2, 0.25) is 18.1 Å². The van der Waals surface area contributed by atoms with Gasteiger partial charge in [0.15, 0.2) is 5.76 Å². The van der Waals surface area contributed by atoms with Crippen molar-refractivity contribution in [3.63, 3.8) is 0 Å². The van der Waals surface area contributed by atoms with E-state index in [1.54, 1.807) is 0 Å². The Morgan fingerprint density at radius 2 is 1.64 bits per heavy atom. The standard InChI is InChI=1S/C28H35NO3Si/c1-27(2,3)33(4,5)32-22-15-13-20(14-16-22)24-23(19-9-7-6-8-10-19)26(31-29-24)28(17-18-28)25(30)21-11-12-21/h6-10,13-16,21,25,30H,11-12,17-18H2,1-5H3. The highest BCUT2D eigenvalue weighted by Gasteiger charge is 2.58. The van der Waals surface area contributed by atoms with Crippen molar-refractivity contribution in [2.24, 2.45) is 5.92 Å². The van der Waals surface area contributed by atoms with Gasteiger partial charge in [0.1, 0.15) is 11.4 Å². The van der Waals surface area contributed by atoms with Crippen LogP contribution in [0.15, 0.2) is 59.1 Å². The van der Waals surface area contributed by atoms with Gasteiger partial charge in [-0.1, -0.05) is 56.3 Å². The summed E-state index contributed by atoms with van der Waals surface area (Å²) in [5.41, 5.74) is 3.65. The highest BCUT2D eigenvalue weighted by atomic mass is 28.4. The van der Waals surface area contributed by atoms with E-state index in [0.717, 1.165) is 59.6 Å². The SMILES string of the molecule is CC(C)(C)[Si](C)(C)Oc1ccc(-c2noc(C3(C(O)C4CC4)CC3)c2-c2ccccc2)cc1. The lowest BCUT2D eigenvalue weighted by molar-refractivity contribution is 0.0958. The van der Waals surface area contributed by atoms with Crippen molar-refractivity contribution in [3.05, 3.63) is 60.4 Å². The Kier molecular flexibility index (Phi) is 5.33. The Morgan fingerprint density at radius 1 is 1.00 bits per heavy atom. The van der Waals surface area contributed by atoms with Crippen molar-refractivity contribution in [1.29, 1.82) is 0 Å². The molecule has 2 aliphatic carbocycles. The lowest BCUT2D eigenvalue weighted by Crippen LogP contribution is -2.43. The summed E-state index contributed by atoms with van der Waals surface area (Å²) in [5, 5.41) is 15.8. The van der Waals surface area contributed by atoms with Crippen molar-refractivity contribution < 1.29 is 14.1 Å². The molecule has 5 heteroatoms. The number of benzene rings is 2. The molecule has 1 N–H and O–H groups in total. The Labute approximate surface area is 198 Å². The molecule has 1 unspecified atom stereocenters. The topological polar surface area (TPSA) is 55.5 Å². The lowest BCUT2D eigenvalue weighted by Gasteiger charge is -2.36. The Balaban J connectivity index is 1.52. The second-order valence-corrected chi connectivity index (χ2v) is 16.2. The molecule has 33 heavy (non-hydrogen) atoms. The zero-order chi connectivity index (χ0) is 23.4. The van der Waals surface area contributed by atoms with E-state index >= 15 is 0 Å². The molecule has 2 fully saturated rings. The molecule has 3 aromatic rings. The molecule has 0 saturated heterocycles. The van der Waals surface area contributed by atoms with Gasteiger partial charge in [-0.2, -0.15) is 0 Å². The first kappa shape index (κ1) is 22.4. The van der Waals surface area contributed by atoms with E-state index in [0.29, 0.717) is 5.92 Å². The van der Waals surface area contributed by atoms with Crippen LogP contribution in [0.4, 0.5) is 0 Å². The van der Waals surface area contributed by atoms with Crippen LogP contribution in [0.25, 0.3) is 22.4 Å². The fourth-order valence-corrected chi connectivity index (χ4v) is 5.51. The summed E-state index contributed by atoms with van der Waals surface area (Å²) in [4.78, 5) is 0. The molecule has 2 aromatic carbocycles. The van der Waals surface area contributed by atoms with Gasteiger partial charge < -0.3 is 14.1 Å². The summed E-state index contributed by atoms with van der Waals surface area (Å²) in [7, 11) is -1.90. The first-order valence-corrected chi connectivity index (χ1v) is 15.1. The van der Waals surface area contributed by atoms with Gasteiger partial charge in [0.25, 0.3) is 0 Å². The number of aliphatic hydroxyl groups excluding tert-OH is 1. The largest absolute Gasteiger partial charge is 0.544 e. The number of nitrogens with zero attached hydrogens (tertiary/aromatic N) is 1. The minimum atomic E-state index is -1.90. The van der Waals surface area contributed by atoms with Gasteiger partial charge in [0.05, 0.1) is 17.1 Å². The second kappa shape index (κ2) is 7.85. The van der Waals surface area contributed by atoms with Crippen molar-refractivity contribution in [3.8, 4) is 28.1 Å². The molecule has 1 aromatic heterocycles. The number of aliphatic hydroxyl groups is 1. The van der Waals surface area contributed by atoms with E-state index in [1.165, 1.54) is 0 Å². The normalized spacial score (nSPS) is 18.7. The molecule has 5 rings (SSSR count). The fraction of sp³-hybridized carbons (Fsp3) is 0.464. The maximum atomic E-state index is 11.1. The molecule has 0 aliphatic heterocycles. The molecule has 0 amide bonds. The third-order valence-corrected chi connectivity index (χ3v) is 12.3. The smallest absolute Gasteiger partial charge is 0.250 e. The highest BCUT2D eigenvalue weighted by Crippen LogP contribution is 2.59. The molecular formula is C28H35NO3Si. The van der Waals surface area contributed by atoms with Gasteiger partial charge in [-0.05, 0) is 79.6 Å². The van der Waals surface area contributed by atoms with Gasteiger partial charge in [-0.3, -0.25) is 0 Å². The molecule has 4 nitrogen and oxygen atoms in total. The number of hydrogen-bond donors (Lipinski definition) is 1. The Hall–Kier alpha value is -2.37. The van der Waals surface area contributed by atoms with E-state index in [9.17, 15) is 5.11 Å². The minimum absolute atomic E-state index is 0.147. The summed E-state index contributed by atoms with van der Waals surface area (Å²) in [6.07, 6.45) is 3.79. The van der Waals surface area contributed by atoms with Gasteiger partial charge in [0.2, 0.25) is 8.32 Å². The van der Waals surface area contributed by atoms with Crippen LogP contribution in [0.1, 0.15) is 52.2 Å². The van der Waals surface area contributed by atoms with E-state index in [4.69, 9.17) is 8.95 Å². The van der Waals surface area contributed by atoms with E-state index in [1.807, 2.05) is 30.3 Å². The summed E-state index contributed by atoms with van der Waals surface area (Å²) in [6, 6.07) is 18.6. The lowest BCUT2D eigenvalue weighted by atomic mass is 9.86. The maximum absolute atomic E-state index is 11.1. The number of hydrogen-bond acceptors (Lipinski definition) is 4. The van der Waals surface area contributed by atoms with Gasteiger partial charge >= 0.3 is 0 Å². The van der Waals surface area contributed by atoms with Crippen LogP contribution >= 0.6 is 0 Å². The monoisotopic (exact) mass is 461 g/mol. The second-order valence-electron chi connectivity index (χ2n) is 11.4. The van der Waals surface area contributed by atoms with E-state index in [-0.39, 0.29) is 16.6 Å². The minimum Gasteiger partial charge on any atom is -0.544 e. The molecule has 0 spiro atoms. The first-order chi connectivity index (χ1) is 15.6. The summed E-state index contributed by atoms with van der Waals surface area (Å²) in [6.45, 7) is 11.3. The molecule has 0 radical (unpaired) electrons. The van der Waals surface area contributed by atoms with Gasteiger partial charge in [-0.15, -0.1) is 0 Å². The van der Waals surface area contributed by atoms with Crippen molar-refractivity contribution in [2.45, 2.75) is 76.1 Å². The molecular weight excluding hydrogens is 426 g/mol. The zero-order valence-corrected chi connectivity index (χ0v) is 21.4. The van der Waals surface area contributed by atoms with Gasteiger partial charge in [-0.25, -0.2) is 0 Å². The molecule has 0 bridgehead atoms. The molecule has 1 atom stereocenters. The third-order valence-electron chi connectivity index (χ3n) is 7.94. The number of rotatable bonds is 7. The molecule has 1 heterocycles. The quantitative estimate of drug-likeness (QED) is 0.378. The average Bonchev–Trinajstić information content (AvgIpc) is 3.71. The van der Waals surface area contributed by atoms with Crippen molar-refractivity contribution in [1.82, 2.24) is 5.16 Å². The van der Waals surface area contributed by atoms with Gasteiger partial charge in [0, 0.05) is 5.56 Å². The van der Waals surface area contributed by atoms with Crippen molar-refractivity contribution in [2.75, 3.05) is 0 Å². The third kappa shape index (κ3) is 4.06. The van der Waals surface area contributed by atoms with Crippen LogP contribution in [-0.4, -0.2) is 24.7 Å². The van der Waals surface area contributed by atoms with Crippen LogP contribution in [0, 0.1) is 5.92 Å². The summed E-state index contributed by atoms with van der Waals surface area (Å²) in [5.74, 6) is 2.15. The van der Waals surface area contributed by atoms with Crippen LogP contribution in [0.3, 0.4) is 0 Å². The summed E-state index contributed by atoms with van der Waals surface area (Å²) < 4.78 is 12.5. The van der Waals surface area contributed by atoms with E-state index in [2.05, 4.69) is 63.3 Å². The molecule has 174 valence electrons. The van der Waals surface area contributed by atoms with Crippen LogP contribution < -0.4 is 4.43 Å². The highest BCUT2D eigenvalue weighted by molar-refractivity contribution is 6.74. The van der Waals surface area contributed by atoms with Crippen LogP contribution in [-0.2, 0) is 5.41 Å². The van der Waals surface area contributed by atoms with E-state index < -0.39 is 8.32 Å². The Bertz CT molecular complexity index is 1120. The molecule has 2 aliphatic rings. The predicted octanol–water partition coefficient (Wildman–Crippen LogP) is 7.20. The Morgan fingerprint density at radius 3 is 2.18 bits per heavy atom.